The van der Waals surface area contributed by atoms with Gasteiger partial charge in [0.1, 0.15) is 0 Å². The van der Waals surface area contributed by atoms with Crippen LogP contribution in [0.15, 0.2) is 0 Å². The third-order valence-electron chi connectivity index (χ3n) is 1.56. The standard InChI is InChI=1S/2C4H9.Mg.HO2P/c2*1-4(2)3;;1-3-2/h2*4H,1H2,2-3H3;;(H,1,2). The smallest absolute Gasteiger partial charge is 0.310 e. The van der Waals surface area contributed by atoms with E-state index in [-0.39, 0.29) is 0 Å². The van der Waals surface area contributed by atoms with Crippen molar-refractivity contribution in [3.8, 4) is 0 Å². The molecular weight excluding hydrogens is 183 g/mol. The topological polar surface area (TPSA) is 37.3 Å². The van der Waals surface area contributed by atoms with Gasteiger partial charge in [0.25, 0.3) is 0 Å². The van der Waals surface area contributed by atoms with E-state index in [2.05, 4.69) is 27.7 Å². The molecule has 0 heterocycles. The maximum Gasteiger partial charge on any atom is 0.364 e. The minimum absolute atomic E-state index is 0.316. The summed E-state index contributed by atoms with van der Waals surface area (Å²) in [5.74, 6) is 1.91. The van der Waals surface area contributed by atoms with Crippen molar-refractivity contribution in [2.45, 2.75) is 36.8 Å². The summed E-state index contributed by atoms with van der Waals surface area (Å²) in [7, 11) is -0.833. The second-order valence-electron chi connectivity index (χ2n) is 3.80. The Kier molecular flexibility index (Phi) is 15.1. The van der Waals surface area contributed by atoms with Gasteiger partial charge >= 0.3 is 29.1 Å². The fraction of sp³-hybridized carbons (Fsp3) is 1.00. The molecule has 0 spiro atoms. The molecule has 0 aromatic heterocycles. The molecule has 0 aromatic carbocycles. The molecule has 0 radical (unpaired) electrons. The third kappa shape index (κ3) is 22.4. The van der Waals surface area contributed by atoms with Gasteiger partial charge in [-0.15, -0.1) is 9.10 Å². The van der Waals surface area contributed by atoms with E-state index in [1.54, 1.807) is 0 Å². The van der Waals surface area contributed by atoms with Gasteiger partial charge in [0.05, 0.1) is 0 Å². The number of hydrogen-bond acceptors (Lipinski definition) is 1. The van der Waals surface area contributed by atoms with E-state index in [0.29, 0.717) is 20.4 Å². The summed E-state index contributed by atoms with van der Waals surface area (Å²) < 4.78 is 11.5. The van der Waals surface area contributed by atoms with Gasteiger partial charge in [-0.05, 0) is 0 Å². The predicted octanol–water partition coefficient (Wildman–Crippen LogP) is 3.02. The monoisotopic (exact) mass is 202 g/mol. The average molecular weight is 203 g/mol. The minimum Gasteiger partial charge on any atom is -0.310 e. The minimum atomic E-state index is -0.833. The summed E-state index contributed by atoms with van der Waals surface area (Å²) in [6.45, 7) is 9.31. The van der Waals surface area contributed by atoms with E-state index < -0.39 is 8.69 Å². The molecule has 0 atom stereocenters. The molecule has 0 aliphatic carbocycles. The lowest BCUT2D eigenvalue weighted by atomic mass is 10.3. The van der Waals surface area contributed by atoms with E-state index in [1.165, 1.54) is 9.10 Å². The molecule has 4 heteroatoms. The summed E-state index contributed by atoms with van der Waals surface area (Å²) in [6.07, 6.45) is 0. The van der Waals surface area contributed by atoms with Gasteiger partial charge in [-0.2, -0.15) is 0 Å². The average Bonchev–Trinajstić information content (AvgIpc) is 1.87. The van der Waals surface area contributed by atoms with Gasteiger partial charge in [-0.1, -0.05) is 39.5 Å². The zero-order chi connectivity index (χ0) is 9.98. The largest absolute Gasteiger partial charge is 0.364 e. The molecule has 0 aliphatic heterocycles. The molecule has 0 amide bonds. The first-order valence-corrected chi connectivity index (χ1v) is 7.27. The fourth-order valence-electron chi connectivity index (χ4n) is 0.934. The van der Waals surface area contributed by atoms with Crippen LogP contribution >= 0.6 is 8.69 Å². The van der Waals surface area contributed by atoms with Crippen molar-refractivity contribution in [3.05, 3.63) is 0 Å². The summed E-state index contributed by atoms with van der Waals surface area (Å²) in [5.41, 5.74) is 0. The molecule has 70 valence electrons. The van der Waals surface area contributed by atoms with Crippen molar-refractivity contribution in [1.29, 1.82) is 0 Å². The molecule has 0 aliphatic rings. The SMILES string of the molecule is CC(C)[CH2][Mg][CH2]C(C)C.O=PO. The zero-order valence-electron chi connectivity index (χ0n) is 8.58. The molecule has 0 fully saturated rings. The number of hydrogen-bond donors (Lipinski definition) is 1. The van der Waals surface area contributed by atoms with E-state index in [4.69, 9.17) is 9.46 Å². The predicted molar refractivity (Wildman–Crippen MR) is 54.9 cm³/mol. The van der Waals surface area contributed by atoms with Crippen molar-refractivity contribution in [2.75, 3.05) is 0 Å². The Morgan fingerprint density at radius 3 is 1.58 bits per heavy atom. The molecule has 0 unspecified atom stereocenters. The first-order chi connectivity index (χ1) is 5.54. The van der Waals surface area contributed by atoms with Crippen molar-refractivity contribution >= 4 is 29.1 Å². The van der Waals surface area contributed by atoms with Gasteiger partial charge < -0.3 is 4.89 Å². The van der Waals surface area contributed by atoms with Gasteiger partial charge in [-0.25, -0.2) is 4.57 Å². The quantitative estimate of drug-likeness (QED) is 0.562. The van der Waals surface area contributed by atoms with Crippen LogP contribution in [0.2, 0.25) is 9.10 Å². The molecule has 2 nitrogen and oxygen atoms in total. The molecule has 0 saturated carbocycles. The highest BCUT2D eigenvalue weighted by atomic mass is 31.1. The molecule has 0 rings (SSSR count). The van der Waals surface area contributed by atoms with Gasteiger partial charge in [0.2, 0.25) is 0 Å². The second-order valence-corrected chi connectivity index (χ2v) is 5.83. The van der Waals surface area contributed by atoms with Crippen molar-refractivity contribution in [3.63, 3.8) is 0 Å². The summed E-state index contributed by atoms with van der Waals surface area (Å²) >= 11 is 0.316. The highest BCUT2D eigenvalue weighted by molar-refractivity contribution is 7.16. The first kappa shape index (κ1) is 15.3. The third-order valence-corrected chi connectivity index (χ3v) is 4.69. The van der Waals surface area contributed by atoms with Gasteiger partial charge in [0, 0.05) is 0 Å². The van der Waals surface area contributed by atoms with Crippen LogP contribution in [0.1, 0.15) is 27.7 Å². The molecular formula is C8H19MgO2P. The maximum absolute atomic E-state index is 8.46. The number of rotatable bonds is 4. The van der Waals surface area contributed by atoms with Crippen molar-refractivity contribution in [2.24, 2.45) is 11.8 Å². The lowest BCUT2D eigenvalue weighted by Crippen LogP contribution is -1.99. The van der Waals surface area contributed by atoms with Crippen LogP contribution in [0.4, 0.5) is 0 Å². The van der Waals surface area contributed by atoms with Crippen LogP contribution in [-0.4, -0.2) is 25.3 Å². The Balaban J connectivity index is 0. The summed E-state index contributed by atoms with van der Waals surface area (Å²) in [5, 5.41) is 0. The van der Waals surface area contributed by atoms with Crippen LogP contribution in [0.5, 0.6) is 0 Å². The summed E-state index contributed by atoms with van der Waals surface area (Å²) in [4.78, 5) is 6.99. The second kappa shape index (κ2) is 11.8. The summed E-state index contributed by atoms with van der Waals surface area (Å²) in [6, 6.07) is 0. The fourth-order valence-corrected chi connectivity index (χ4v) is 2.80. The Bertz CT molecular complexity index is 89.1. The normalized spacial score (nSPS) is 9.58. The van der Waals surface area contributed by atoms with Crippen molar-refractivity contribution < 1.29 is 9.46 Å². The Morgan fingerprint density at radius 1 is 1.17 bits per heavy atom. The highest BCUT2D eigenvalue weighted by Crippen LogP contribution is 2.05. The van der Waals surface area contributed by atoms with Gasteiger partial charge in [-0.3, -0.25) is 0 Å². The van der Waals surface area contributed by atoms with Crippen LogP contribution in [0.3, 0.4) is 0 Å². The first-order valence-electron chi connectivity index (χ1n) is 4.51. The molecule has 0 saturated heterocycles. The van der Waals surface area contributed by atoms with Crippen molar-refractivity contribution in [1.82, 2.24) is 0 Å². The molecule has 1 N–H and O–H groups in total. The Labute approximate surface area is 87.1 Å². The van der Waals surface area contributed by atoms with Crippen LogP contribution in [0, 0.1) is 11.8 Å². The maximum atomic E-state index is 8.46. The Morgan fingerprint density at radius 2 is 1.42 bits per heavy atom. The van der Waals surface area contributed by atoms with Crippen LogP contribution < -0.4 is 0 Å². The Hall–Kier alpha value is 0.826. The van der Waals surface area contributed by atoms with Crippen LogP contribution in [0.25, 0.3) is 0 Å². The molecule has 12 heavy (non-hydrogen) atoms. The van der Waals surface area contributed by atoms with E-state index in [0.717, 1.165) is 11.8 Å². The lowest BCUT2D eigenvalue weighted by molar-refractivity contribution is 0.524. The van der Waals surface area contributed by atoms with E-state index in [9.17, 15) is 0 Å². The zero-order valence-corrected chi connectivity index (χ0v) is 10.9. The van der Waals surface area contributed by atoms with Crippen LogP contribution in [-0.2, 0) is 4.57 Å². The highest BCUT2D eigenvalue weighted by Gasteiger charge is 2.00. The lowest BCUT2D eigenvalue weighted by Gasteiger charge is -2.03. The van der Waals surface area contributed by atoms with Gasteiger partial charge in [0.15, 0.2) is 0 Å². The van der Waals surface area contributed by atoms with E-state index >= 15 is 0 Å². The van der Waals surface area contributed by atoms with E-state index in [1.807, 2.05) is 0 Å². The molecule has 0 aromatic rings. The molecule has 0 bridgehead atoms.